The van der Waals surface area contributed by atoms with Crippen molar-refractivity contribution in [1.29, 1.82) is 5.41 Å². The lowest BCUT2D eigenvalue weighted by Crippen LogP contribution is -2.46. The van der Waals surface area contributed by atoms with Crippen LogP contribution in [-0.2, 0) is 4.79 Å². The molecule has 0 rings (SSSR count). The number of urea groups is 1. The van der Waals surface area contributed by atoms with E-state index in [2.05, 4.69) is 17.2 Å². The van der Waals surface area contributed by atoms with Crippen molar-refractivity contribution >= 4 is 17.7 Å². The third-order valence-corrected chi connectivity index (χ3v) is 2.90. The van der Waals surface area contributed by atoms with E-state index in [0.29, 0.717) is 11.3 Å². The van der Waals surface area contributed by atoms with Gasteiger partial charge in [0.2, 0.25) is 0 Å². The highest BCUT2D eigenvalue weighted by Crippen LogP contribution is 2.14. The molecule has 0 unspecified atom stereocenters. The molecule has 0 aromatic heterocycles. The minimum atomic E-state index is -1.38. The summed E-state index contributed by atoms with van der Waals surface area (Å²) in [5, 5.41) is 32.0. The number of carbonyl (C=O) groups excluding carboxylic acids is 1. The van der Waals surface area contributed by atoms with Gasteiger partial charge in [0.15, 0.2) is 0 Å². The number of aliphatic hydroxyl groups excluding tert-OH is 1. The van der Waals surface area contributed by atoms with E-state index in [4.69, 9.17) is 10.5 Å². The summed E-state index contributed by atoms with van der Waals surface area (Å²) in [5.74, 6) is -1.89. The van der Waals surface area contributed by atoms with E-state index >= 15 is 0 Å². The zero-order valence-corrected chi connectivity index (χ0v) is 15.6. The van der Waals surface area contributed by atoms with E-state index in [1.54, 1.807) is 6.92 Å². The summed E-state index contributed by atoms with van der Waals surface area (Å²) in [7, 11) is 0. The molecule has 0 radical (unpaired) electrons. The summed E-state index contributed by atoms with van der Waals surface area (Å²) in [6, 6.07) is -0.408. The average Bonchev–Trinajstić information content (AvgIpc) is 2.39. The van der Waals surface area contributed by atoms with Gasteiger partial charge in [0, 0.05) is 16.9 Å². The number of carboxylic acid groups (broad SMARTS) is 1. The summed E-state index contributed by atoms with van der Waals surface area (Å²) < 4.78 is 0. The fraction of sp³-hybridized carbons (Fsp3) is 0.389. The summed E-state index contributed by atoms with van der Waals surface area (Å²) in [6.07, 6.45) is 2.96. The minimum absolute atomic E-state index is 0.237. The molecule has 0 fully saturated rings. The molecule has 138 valence electrons. The fourth-order valence-electron chi connectivity index (χ4n) is 1.71. The number of aliphatic carboxylic acids is 1. The molecule has 0 saturated heterocycles. The van der Waals surface area contributed by atoms with Crippen LogP contribution < -0.4 is 10.6 Å². The third kappa shape index (κ3) is 8.01. The second-order valence-corrected chi connectivity index (χ2v) is 6.69. The maximum absolute atomic E-state index is 11.9. The summed E-state index contributed by atoms with van der Waals surface area (Å²) >= 11 is 0. The highest BCUT2D eigenvalue weighted by molar-refractivity contribution is 6.17. The van der Waals surface area contributed by atoms with Crippen molar-refractivity contribution in [3.8, 4) is 0 Å². The van der Waals surface area contributed by atoms with Gasteiger partial charge in [-0.3, -0.25) is 0 Å². The molecule has 0 heterocycles. The van der Waals surface area contributed by atoms with Crippen molar-refractivity contribution in [1.82, 2.24) is 10.6 Å². The van der Waals surface area contributed by atoms with Crippen molar-refractivity contribution in [2.24, 2.45) is 0 Å². The third-order valence-electron chi connectivity index (χ3n) is 2.90. The van der Waals surface area contributed by atoms with Crippen LogP contribution in [0.5, 0.6) is 0 Å². The highest BCUT2D eigenvalue weighted by atomic mass is 16.4. The van der Waals surface area contributed by atoms with Gasteiger partial charge in [-0.2, -0.15) is 0 Å². The molecule has 7 nitrogen and oxygen atoms in total. The molecule has 0 aromatic carbocycles. The topological polar surface area (TPSA) is 123 Å². The van der Waals surface area contributed by atoms with Crippen LogP contribution in [0, 0.1) is 5.41 Å². The number of carboxylic acids is 1. The van der Waals surface area contributed by atoms with Crippen LogP contribution in [-0.4, -0.2) is 33.5 Å². The maximum atomic E-state index is 11.9. The molecule has 7 heteroatoms. The molecule has 0 aliphatic heterocycles. The van der Waals surface area contributed by atoms with E-state index in [-0.39, 0.29) is 11.3 Å². The van der Waals surface area contributed by atoms with Crippen LogP contribution in [0.2, 0.25) is 0 Å². The first-order chi connectivity index (χ1) is 11.3. The highest BCUT2D eigenvalue weighted by Gasteiger charge is 2.17. The number of aliphatic hydroxyl groups is 1. The molecule has 0 aliphatic carbocycles. The van der Waals surface area contributed by atoms with Gasteiger partial charge in [0.05, 0.1) is 0 Å². The summed E-state index contributed by atoms with van der Waals surface area (Å²) in [4.78, 5) is 23.1. The largest absolute Gasteiger partial charge is 0.507 e. The van der Waals surface area contributed by atoms with Crippen molar-refractivity contribution in [3.63, 3.8) is 0 Å². The second-order valence-electron chi connectivity index (χ2n) is 6.69. The van der Waals surface area contributed by atoms with Gasteiger partial charge in [-0.15, -0.1) is 0 Å². The Kier molecular flexibility index (Phi) is 7.86. The lowest BCUT2D eigenvalue weighted by molar-refractivity contribution is -0.132. The van der Waals surface area contributed by atoms with Gasteiger partial charge in [-0.05, 0) is 58.8 Å². The Morgan fingerprint density at radius 2 is 1.60 bits per heavy atom. The van der Waals surface area contributed by atoms with E-state index in [1.165, 1.54) is 26.0 Å². The molecule has 0 spiro atoms. The average molecular weight is 349 g/mol. The van der Waals surface area contributed by atoms with Crippen LogP contribution in [0.3, 0.4) is 0 Å². The number of rotatable bonds is 6. The predicted octanol–water partition coefficient (Wildman–Crippen LogP) is 3.43. The second kappa shape index (κ2) is 8.86. The number of carbonyl (C=O) groups is 2. The molecule has 2 amide bonds. The SMILES string of the molecule is C=C(C)\C(=C/C=C(C)/C(O)=C(/C(C)=N)C(=O)O)NC(=O)NC(C)(C)C. The van der Waals surface area contributed by atoms with Gasteiger partial charge < -0.3 is 26.3 Å². The van der Waals surface area contributed by atoms with Crippen molar-refractivity contribution in [3.05, 3.63) is 46.9 Å². The Morgan fingerprint density at radius 3 is 1.96 bits per heavy atom. The number of allylic oxidation sites excluding steroid dienone is 4. The smallest absolute Gasteiger partial charge is 0.341 e. The molecule has 0 aromatic rings. The molecular formula is C18H27N3O4. The monoisotopic (exact) mass is 349 g/mol. The van der Waals surface area contributed by atoms with Gasteiger partial charge in [0.1, 0.15) is 11.3 Å². The quantitative estimate of drug-likeness (QED) is 0.218. The summed E-state index contributed by atoms with van der Waals surface area (Å²) in [5.41, 5.74) is 0.0907. The minimum Gasteiger partial charge on any atom is -0.507 e. The lowest BCUT2D eigenvalue weighted by atomic mass is 10.1. The van der Waals surface area contributed by atoms with Crippen molar-refractivity contribution in [2.45, 2.75) is 47.1 Å². The first-order valence-corrected chi connectivity index (χ1v) is 7.62. The predicted molar refractivity (Wildman–Crippen MR) is 98.8 cm³/mol. The molecule has 25 heavy (non-hydrogen) atoms. The van der Waals surface area contributed by atoms with Gasteiger partial charge in [-0.1, -0.05) is 12.7 Å². The van der Waals surface area contributed by atoms with Gasteiger partial charge >= 0.3 is 12.0 Å². The van der Waals surface area contributed by atoms with Crippen molar-refractivity contribution < 1.29 is 19.8 Å². The molecule has 0 saturated carbocycles. The first kappa shape index (κ1) is 22.2. The number of amides is 2. The Balaban J connectivity index is 5.62. The molecule has 0 aliphatic rings. The van der Waals surface area contributed by atoms with E-state index < -0.39 is 28.9 Å². The normalized spacial score (nSPS) is 13.7. The first-order valence-electron chi connectivity index (χ1n) is 7.62. The zero-order valence-electron chi connectivity index (χ0n) is 15.6. The van der Waals surface area contributed by atoms with Crippen LogP contribution in [0.4, 0.5) is 4.79 Å². The number of hydrogen-bond acceptors (Lipinski definition) is 4. The van der Waals surface area contributed by atoms with E-state index in [9.17, 15) is 14.7 Å². The molecule has 0 atom stereocenters. The molecular weight excluding hydrogens is 322 g/mol. The fourth-order valence-corrected chi connectivity index (χ4v) is 1.71. The Morgan fingerprint density at radius 1 is 1.08 bits per heavy atom. The van der Waals surface area contributed by atoms with Gasteiger partial charge in [0.25, 0.3) is 0 Å². The molecule has 0 bridgehead atoms. The van der Waals surface area contributed by atoms with Crippen LogP contribution in [0.1, 0.15) is 41.5 Å². The Labute approximate surface area is 148 Å². The summed E-state index contributed by atoms with van der Waals surface area (Å²) in [6.45, 7) is 13.8. The number of nitrogens with one attached hydrogen (secondary N) is 3. The Hall–Kier alpha value is -2.83. The van der Waals surface area contributed by atoms with Crippen LogP contribution in [0.15, 0.2) is 46.9 Å². The lowest BCUT2D eigenvalue weighted by Gasteiger charge is -2.21. The van der Waals surface area contributed by atoms with Gasteiger partial charge in [-0.25, -0.2) is 9.59 Å². The van der Waals surface area contributed by atoms with Crippen LogP contribution >= 0.6 is 0 Å². The van der Waals surface area contributed by atoms with Crippen LogP contribution in [0.25, 0.3) is 0 Å². The maximum Gasteiger partial charge on any atom is 0.341 e. The Bertz CT molecular complexity index is 661. The number of hydrogen-bond donors (Lipinski definition) is 5. The van der Waals surface area contributed by atoms with E-state index in [0.717, 1.165) is 0 Å². The zero-order chi connectivity index (χ0) is 19.9. The van der Waals surface area contributed by atoms with Crippen molar-refractivity contribution in [2.75, 3.05) is 0 Å². The molecule has 5 N–H and O–H groups in total. The van der Waals surface area contributed by atoms with E-state index in [1.807, 2.05) is 20.8 Å². The standard InChI is InChI=1S/C18H27N3O4/c1-10(2)13(20-17(25)21-18(5,6)7)9-8-11(3)15(22)14(12(4)19)16(23)24/h8-9,19,22H,1H2,2-7H3,(H,23,24)(H2,20,21,25)/b11-8+,13-9+,15-14+,19-12?.